The second-order valence-electron chi connectivity index (χ2n) is 4.54. The van der Waals surface area contributed by atoms with Gasteiger partial charge < -0.3 is 5.11 Å². The predicted octanol–water partition coefficient (Wildman–Crippen LogP) is 1.56. The van der Waals surface area contributed by atoms with Gasteiger partial charge in [0.2, 0.25) is 10.0 Å². The van der Waals surface area contributed by atoms with Crippen molar-refractivity contribution in [2.45, 2.75) is 12.8 Å². The third-order valence-corrected chi connectivity index (χ3v) is 4.98. The Kier molecular flexibility index (Phi) is 3.30. The van der Waals surface area contributed by atoms with Crippen molar-refractivity contribution in [3.05, 3.63) is 29.8 Å². The van der Waals surface area contributed by atoms with E-state index in [1.165, 1.54) is 35.6 Å². The maximum absolute atomic E-state index is 12.0. The van der Waals surface area contributed by atoms with Crippen molar-refractivity contribution >= 4 is 21.7 Å². The Morgan fingerprint density at radius 3 is 2.33 bits per heavy atom. The first-order valence-electron chi connectivity index (χ1n) is 5.70. The summed E-state index contributed by atoms with van der Waals surface area (Å²) < 4.78 is 25.2. The van der Waals surface area contributed by atoms with Crippen LogP contribution in [0.15, 0.2) is 24.3 Å². The summed E-state index contributed by atoms with van der Waals surface area (Å²) in [6.07, 6.45) is 1.95. The fourth-order valence-electron chi connectivity index (χ4n) is 1.67. The third-order valence-electron chi connectivity index (χ3n) is 3.04. The van der Waals surface area contributed by atoms with E-state index in [4.69, 9.17) is 5.11 Å². The van der Waals surface area contributed by atoms with Crippen molar-refractivity contribution in [3.63, 3.8) is 0 Å². The maximum Gasteiger partial charge on any atom is 0.335 e. The molecule has 0 unspecified atom stereocenters. The van der Waals surface area contributed by atoms with Crippen LogP contribution < -0.4 is 4.31 Å². The smallest absolute Gasteiger partial charge is 0.335 e. The minimum absolute atomic E-state index is 0.145. The van der Waals surface area contributed by atoms with E-state index in [2.05, 4.69) is 0 Å². The number of hydrogen-bond donors (Lipinski definition) is 1. The number of carboxylic acids is 1. The Balaban J connectivity index is 2.17. The zero-order valence-corrected chi connectivity index (χ0v) is 10.9. The van der Waals surface area contributed by atoms with Crippen LogP contribution in [0, 0.1) is 5.92 Å². The number of nitrogens with zero attached hydrogens (tertiary/aromatic N) is 1. The van der Waals surface area contributed by atoms with Gasteiger partial charge in [0.05, 0.1) is 17.0 Å². The van der Waals surface area contributed by atoms with Gasteiger partial charge in [-0.3, -0.25) is 4.31 Å². The van der Waals surface area contributed by atoms with Crippen LogP contribution in [0.25, 0.3) is 0 Å². The van der Waals surface area contributed by atoms with Crippen LogP contribution in [-0.4, -0.2) is 32.3 Å². The summed E-state index contributed by atoms with van der Waals surface area (Å²) in [5.74, 6) is -0.565. The summed E-state index contributed by atoms with van der Waals surface area (Å²) in [6, 6.07) is 5.82. The molecule has 0 radical (unpaired) electrons. The van der Waals surface area contributed by atoms with Crippen LogP contribution >= 0.6 is 0 Å². The molecular weight excluding hydrogens is 254 g/mol. The summed E-state index contributed by atoms with van der Waals surface area (Å²) >= 11 is 0. The molecule has 0 heterocycles. The lowest BCUT2D eigenvalue weighted by Crippen LogP contribution is -2.29. The molecule has 0 saturated heterocycles. The molecule has 2 rings (SSSR count). The van der Waals surface area contributed by atoms with Crippen LogP contribution in [-0.2, 0) is 10.0 Å². The second kappa shape index (κ2) is 4.61. The average Bonchev–Trinajstić information content (AvgIpc) is 3.11. The summed E-state index contributed by atoms with van der Waals surface area (Å²) in [6.45, 7) is 0. The number of hydrogen-bond acceptors (Lipinski definition) is 3. The van der Waals surface area contributed by atoms with Gasteiger partial charge in [-0.25, -0.2) is 13.2 Å². The Bertz CT molecular complexity index is 546. The lowest BCUT2D eigenvalue weighted by molar-refractivity contribution is 0.0697. The minimum Gasteiger partial charge on any atom is -0.478 e. The molecule has 0 aromatic heterocycles. The molecule has 1 aromatic carbocycles. The van der Waals surface area contributed by atoms with E-state index in [1.54, 1.807) is 0 Å². The molecule has 1 fully saturated rings. The van der Waals surface area contributed by atoms with Gasteiger partial charge in [-0.05, 0) is 43.0 Å². The maximum atomic E-state index is 12.0. The Morgan fingerprint density at radius 2 is 1.89 bits per heavy atom. The highest BCUT2D eigenvalue weighted by Gasteiger charge is 2.30. The van der Waals surface area contributed by atoms with Gasteiger partial charge in [-0.1, -0.05) is 0 Å². The van der Waals surface area contributed by atoms with Gasteiger partial charge in [-0.15, -0.1) is 0 Å². The molecule has 18 heavy (non-hydrogen) atoms. The number of benzene rings is 1. The molecule has 98 valence electrons. The molecule has 0 spiro atoms. The number of sulfonamides is 1. The van der Waals surface area contributed by atoms with Crippen LogP contribution in [0.4, 0.5) is 5.69 Å². The van der Waals surface area contributed by atoms with E-state index < -0.39 is 16.0 Å². The summed E-state index contributed by atoms with van der Waals surface area (Å²) in [5, 5.41) is 8.77. The van der Waals surface area contributed by atoms with Crippen LogP contribution in [0.5, 0.6) is 0 Å². The van der Waals surface area contributed by atoms with Crippen molar-refractivity contribution < 1.29 is 18.3 Å². The van der Waals surface area contributed by atoms with E-state index >= 15 is 0 Å². The number of anilines is 1. The molecule has 0 aliphatic heterocycles. The number of rotatable bonds is 5. The van der Waals surface area contributed by atoms with Crippen molar-refractivity contribution in [3.8, 4) is 0 Å². The monoisotopic (exact) mass is 269 g/mol. The zero-order chi connectivity index (χ0) is 13.3. The molecule has 1 aliphatic carbocycles. The Hall–Kier alpha value is -1.56. The van der Waals surface area contributed by atoms with Crippen LogP contribution in [0.2, 0.25) is 0 Å². The lowest BCUT2D eigenvalue weighted by Gasteiger charge is -2.19. The largest absolute Gasteiger partial charge is 0.478 e. The summed E-state index contributed by atoms with van der Waals surface area (Å²) in [7, 11) is -1.80. The standard InChI is InChI=1S/C12H15NO4S/c1-13(18(16,17)8-9-2-3-9)11-6-4-10(5-7-11)12(14)15/h4-7,9H,2-3,8H2,1H3,(H,14,15). The van der Waals surface area contributed by atoms with Crippen molar-refractivity contribution in [2.24, 2.45) is 5.92 Å². The average molecular weight is 269 g/mol. The highest BCUT2D eigenvalue weighted by Crippen LogP contribution is 2.31. The molecule has 0 atom stereocenters. The van der Waals surface area contributed by atoms with Gasteiger partial charge in [0.1, 0.15) is 0 Å². The van der Waals surface area contributed by atoms with Gasteiger partial charge >= 0.3 is 5.97 Å². The van der Waals surface area contributed by atoms with Crippen LogP contribution in [0.1, 0.15) is 23.2 Å². The highest BCUT2D eigenvalue weighted by atomic mass is 32.2. The van der Waals surface area contributed by atoms with Gasteiger partial charge in [0.25, 0.3) is 0 Å². The number of carbonyl (C=O) groups is 1. The van der Waals surface area contributed by atoms with Gasteiger partial charge in [0.15, 0.2) is 0 Å². The summed E-state index contributed by atoms with van der Waals surface area (Å²) in [5.41, 5.74) is 0.632. The molecule has 5 nitrogen and oxygen atoms in total. The molecular formula is C12H15NO4S. The fraction of sp³-hybridized carbons (Fsp3) is 0.417. The lowest BCUT2D eigenvalue weighted by atomic mass is 10.2. The first kappa shape index (κ1) is 12.9. The third kappa shape index (κ3) is 2.81. The van der Waals surface area contributed by atoms with Gasteiger partial charge in [0, 0.05) is 7.05 Å². The first-order valence-corrected chi connectivity index (χ1v) is 7.31. The predicted molar refractivity (Wildman–Crippen MR) is 68.3 cm³/mol. The van der Waals surface area contributed by atoms with E-state index in [1.807, 2.05) is 0 Å². The van der Waals surface area contributed by atoms with Crippen molar-refractivity contribution in [1.82, 2.24) is 0 Å². The van der Waals surface area contributed by atoms with E-state index in [-0.39, 0.29) is 17.2 Å². The van der Waals surface area contributed by atoms with Crippen molar-refractivity contribution in [2.75, 3.05) is 17.1 Å². The highest BCUT2D eigenvalue weighted by molar-refractivity contribution is 7.92. The quantitative estimate of drug-likeness (QED) is 0.880. The minimum atomic E-state index is -3.30. The Morgan fingerprint density at radius 1 is 1.33 bits per heavy atom. The van der Waals surface area contributed by atoms with E-state index in [0.717, 1.165) is 12.8 Å². The normalized spacial score (nSPS) is 15.4. The topological polar surface area (TPSA) is 74.7 Å². The summed E-state index contributed by atoms with van der Waals surface area (Å²) in [4.78, 5) is 10.7. The fourth-order valence-corrected chi connectivity index (χ4v) is 3.26. The molecule has 6 heteroatoms. The number of carboxylic acid groups (broad SMARTS) is 1. The van der Waals surface area contributed by atoms with E-state index in [0.29, 0.717) is 5.69 Å². The molecule has 1 aromatic rings. The molecule has 1 saturated carbocycles. The van der Waals surface area contributed by atoms with Gasteiger partial charge in [-0.2, -0.15) is 0 Å². The molecule has 0 bridgehead atoms. The molecule has 1 aliphatic rings. The molecule has 0 amide bonds. The first-order chi connectivity index (χ1) is 8.40. The Labute approximate surface area is 106 Å². The number of aromatic carboxylic acids is 1. The van der Waals surface area contributed by atoms with Crippen LogP contribution in [0.3, 0.4) is 0 Å². The SMILES string of the molecule is CN(c1ccc(C(=O)O)cc1)S(=O)(=O)CC1CC1. The zero-order valence-electron chi connectivity index (χ0n) is 10.0. The van der Waals surface area contributed by atoms with E-state index in [9.17, 15) is 13.2 Å². The molecule has 1 N–H and O–H groups in total. The van der Waals surface area contributed by atoms with Crippen molar-refractivity contribution in [1.29, 1.82) is 0 Å². The second-order valence-corrected chi connectivity index (χ2v) is 6.59.